The molecule has 120 valence electrons. The Morgan fingerprint density at radius 3 is 2.78 bits per heavy atom. The van der Waals surface area contributed by atoms with Crippen molar-refractivity contribution in [3.05, 3.63) is 52.5 Å². The van der Waals surface area contributed by atoms with Crippen molar-refractivity contribution in [3.8, 4) is 0 Å². The Balaban J connectivity index is 1.64. The fraction of sp³-hybridized carbons (Fsp3) is 0.353. The molecule has 0 spiro atoms. The van der Waals surface area contributed by atoms with Crippen LogP contribution in [0, 0.1) is 0 Å². The Bertz CT molecular complexity index is 699. The molecule has 23 heavy (non-hydrogen) atoms. The van der Waals surface area contributed by atoms with Crippen LogP contribution in [0.15, 0.2) is 36.4 Å². The number of likely N-dealkylation sites (tertiary alicyclic amines) is 1. The second-order valence-electron chi connectivity index (χ2n) is 5.78. The number of ketones is 1. The number of piperidine rings is 1. The number of carboxylic acid groups (broad SMARTS) is 1. The summed E-state index contributed by atoms with van der Waals surface area (Å²) in [7, 11) is 0. The van der Waals surface area contributed by atoms with E-state index in [1.54, 1.807) is 6.07 Å². The lowest BCUT2D eigenvalue weighted by Gasteiger charge is -2.31. The molecule has 1 aromatic heterocycles. The summed E-state index contributed by atoms with van der Waals surface area (Å²) in [5, 5.41) is 9.01. The van der Waals surface area contributed by atoms with E-state index in [0.717, 1.165) is 48.7 Å². The number of nitrogens with zero attached hydrogens (tertiary/aromatic N) is 2. The maximum atomic E-state index is 12.3. The van der Waals surface area contributed by atoms with Crippen LogP contribution in [-0.2, 0) is 0 Å². The average molecular weight is 330 g/mol. The maximum absolute atomic E-state index is 12.3. The number of benzene rings is 1. The Labute approximate surface area is 138 Å². The van der Waals surface area contributed by atoms with Gasteiger partial charge in [0.25, 0.3) is 0 Å². The van der Waals surface area contributed by atoms with Crippen LogP contribution < -0.4 is 0 Å². The lowest BCUT2D eigenvalue weighted by Crippen LogP contribution is -2.38. The summed E-state index contributed by atoms with van der Waals surface area (Å²) in [6, 6.07) is 11.0. The lowest BCUT2D eigenvalue weighted by molar-refractivity contribution is 0.0702. The number of carboxylic acids is 1. The van der Waals surface area contributed by atoms with Gasteiger partial charge in [-0.05, 0) is 37.0 Å². The first-order chi connectivity index (χ1) is 11.1. The number of aromatic nitrogens is 1. The Morgan fingerprint density at radius 2 is 2.09 bits per heavy atom. The monoisotopic (exact) mass is 330 g/mol. The number of hydrogen-bond donors (Lipinski definition) is 1. The first kappa shape index (κ1) is 15.8. The van der Waals surface area contributed by atoms with Gasteiger partial charge in [-0.15, -0.1) is 0 Å². The van der Waals surface area contributed by atoms with Gasteiger partial charge < -0.3 is 5.11 Å². The smallest absolute Gasteiger partial charge is 0.347 e. The third kappa shape index (κ3) is 3.83. The molecule has 0 bridgehead atoms. The van der Waals surface area contributed by atoms with Gasteiger partial charge in [0.2, 0.25) is 0 Å². The molecule has 0 aliphatic carbocycles. The molecule has 5 nitrogen and oxygen atoms in total. The van der Waals surface area contributed by atoms with Gasteiger partial charge >= 0.3 is 5.97 Å². The van der Waals surface area contributed by atoms with Gasteiger partial charge in [0, 0.05) is 18.0 Å². The van der Waals surface area contributed by atoms with E-state index in [2.05, 4.69) is 9.27 Å². The molecule has 1 atom stereocenters. The normalized spacial score (nSPS) is 18.7. The minimum Gasteiger partial charge on any atom is -0.477 e. The minimum atomic E-state index is -0.930. The van der Waals surface area contributed by atoms with Crippen molar-refractivity contribution < 1.29 is 14.7 Å². The van der Waals surface area contributed by atoms with Crippen molar-refractivity contribution in [1.29, 1.82) is 0 Å². The number of carbonyl (C=O) groups excluding carboxylic acids is 1. The Kier molecular flexibility index (Phi) is 4.83. The standard InChI is InChI=1S/C17H18N2O3S/c20-15(12-5-2-1-3-6-12)11-19-8-4-7-13(10-19)14-9-16(17(21)22)23-18-14/h1-3,5-6,9,13H,4,7-8,10-11H2,(H,21,22). The van der Waals surface area contributed by atoms with E-state index >= 15 is 0 Å². The summed E-state index contributed by atoms with van der Waals surface area (Å²) in [6.07, 6.45) is 1.98. The van der Waals surface area contributed by atoms with Gasteiger partial charge in [-0.1, -0.05) is 30.3 Å². The molecule has 0 amide bonds. The zero-order chi connectivity index (χ0) is 16.2. The van der Waals surface area contributed by atoms with Gasteiger partial charge in [-0.25, -0.2) is 4.79 Å². The molecule has 0 saturated carbocycles. The highest BCUT2D eigenvalue weighted by Gasteiger charge is 2.25. The molecule has 1 N–H and O–H groups in total. The van der Waals surface area contributed by atoms with Crippen LogP contribution in [0.25, 0.3) is 0 Å². The van der Waals surface area contributed by atoms with Crippen molar-refractivity contribution in [1.82, 2.24) is 9.27 Å². The highest BCUT2D eigenvalue weighted by Crippen LogP contribution is 2.28. The molecule has 1 fully saturated rings. The molecule has 1 aliphatic heterocycles. The molecule has 1 aromatic carbocycles. The van der Waals surface area contributed by atoms with Crippen LogP contribution in [-0.4, -0.2) is 45.8 Å². The second-order valence-corrected chi connectivity index (χ2v) is 6.59. The minimum absolute atomic E-state index is 0.121. The summed E-state index contributed by atoms with van der Waals surface area (Å²) in [4.78, 5) is 25.7. The zero-order valence-corrected chi connectivity index (χ0v) is 13.5. The summed E-state index contributed by atoms with van der Waals surface area (Å²) < 4.78 is 4.28. The molecule has 2 aromatic rings. The maximum Gasteiger partial charge on any atom is 0.347 e. The number of rotatable bonds is 5. The van der Waals surface area contributed by atoms with E-state index in [4.69, 9.17) is 5.11 Å². The number of carbonyl (C=O) groups is 2. The molecule has 6 heteroatoms. The Hall–Kier alpha value is -2.05. The first-order valence-corrected chi connectivity index (χ1v) is 8.41. The van der Waals surface area contributed by atoms with E-state index in [1.807, 2.05) is 30.3 Å². The van der Waals surface area contributed by atoms with Crippen molar-refractivity contribution in [2.75, 3.05) is 19.6 Å². The fourth-order valence-corrected chi connectivity index (χ4v) is 3.60. The topological polar surface area (TPSA) is 70.5 Å². The number of hydrogen-bond acceptors (Lipinski definition) is 5. The summed E-state index contributed by atoms with van der Waals surface area (Å²) >= 11 is 1.03. The first-order valence-electron chi connectivity index (χ1n) is 7.64. The molecule has 1 aliphatic rings. The van der Waals surface area contributed by atoms with Crippen LogP contribution in [0.4, 0.5) is 0 Å². The molecule has 0 radical (unpaired) electrons. The third-order valence-corrected chi connectivity index (χ3v) is 4.92. The predicted octanol–water partition coefficient (Wildman–Crippen LogP) is 2.90. The van der Waals surface area contributed by atoms with E-state index in [1.165, 1.54) is 0 Å². The summed E-state index contributed by atoms with van der Waals surface area (Å²) in [5.41, 5.74) is 1.57. The van der Waals surface area contributed by atoms with Gasteiger partial charge in [-0.2, -0.15) is 4.37 Å². The quantitative estimate of drug-likeness (QED) is 0.854. The zero-order valence-electron chi connectivity index (χ0n) is 12.6. The van der Waals surface area contributed by atoms with Crippen molar-refractivity contribution in [3.63, 3.8) is 0 Å². The second kappa shape index (κ2) is 7.02. The molecule has 1 saturated heterocycles. The molecule has 3 rings (SSSR count). The van der Waals surface area contributed by atoms with E-state index in [0.29, 0.717) is 6.54 Å². The van der Waals surface area contributed by atoms with E-state index in [9.17, 15) is 9.59 Å². The highest BCUT2D eigenvalue weighted by atomic mass is 32.1. The summed E-state index contributed by atoms with van der Waals surface area (Å²) in [5.74, 6) is -0.604. The van der Waals surface area contributed by atoms with Gasteiger partial charge in [-0.3, -0.25) is 9.69 Å². The molecule has 2 heterocycles. The van der Waals surface area contributed by atoms with E-state index < -0.39 is 5.97 Å². The molecule has 1 unspecified atom stereocenters. The van der Waals surface area contributed by atoms with Gasteiger partial charge in [0.1, 0.15) is 4.88 Å². The SMILES string of the molecule is O=C(CN1CCCC(c2cc(C(=O)O)sn2)C1)c1ccccc1. The Morgan fingerprint density at radius 1 is 1.30 bits per heavy atom. The van der Waals surface area contributed by atoms with Crippen LogP contribution in [0.1, 0.15) is 44.5 Å². The highest BCUT2D eigenvalue weighted by molar-refractivity contribution is 7.08. The van der Waals surface area contributed by atoms with Crippen LogP contribution in [0.2, 0.25) is 0 Å². The summed E-state index contributed by atoms with van der Waals surface area (Å²) in [6.45, 7) is 2.04. The van der Waals surface area contributed by atoms with Crippen molar-refractivity contribution >= 4 is 23.3 Å². The lowest BCUT2D eigenvalue weighted by atomic mass is 9.94. The predicted molar refractivity (Wildman–Crippen MR) is 88.3 cm³/mol. The average Bonchev–Trinajstić information content (AvgIpc) is 3.06. The van der Waals surface area contributed by atoms with Crippen molar-refractivity contribution in [2.45, 2.75) is 18.8 Å². The van der Waals surface area contributed by atoms with Crippen molar-refractivity contribution in [2.24, 2.45) is 0 Å². The molecular formula is C17H18N2O3S. The van der Waals surface area contributed by atoms with Crippen LogP contribution >= 0.6 is 11.5 Å². The fourth-order valence-electron chi connectivity index (χ4n) is 2.94. The van der Waals surface area contributed by atoms with Gasteiger partial charge in [0.15, 0.2) is 5.78 Å². The van der Waals surface area contributed by atoms with E-state index in [-0.39, 0.29) is 16.6 Å². The van der Waals surface area contributed by atoms with Crippen LogP contribution in [0.3, 0.4) is 0 Å². The van der Waals surface area contributed by atoms with Crippen LogP contribution in [0.5, 0.6) is 0 Å². The molecular weight excluding hydrogens is 312 g/mol. The largest absolute Gasteiger partial charge is 0.477 e. The number of Topliss-reactive ketones (excluding diaryl/α,β-unsaturated/α-hetero) is 1. The third-order valence-electron chi connectivity index (χ3n) is 4.13. The number of aromatic carboxylic acids is 1. The van der Waals surface area contributed by atoms with Gasteiger partial charge in [0.05, 0.1) is 12.2 Å².